The molecule has 0 N–H and O–H groups in total. The number of hydrogen-bond acceptors (Lipinski definition) is 3. The van der Waals surface area contributed by atoms with Gasteiger partial charge in [-0.05, 0) is 48.7 Å². The SMILES string of the molecule is Cc1cc(OCC(F)(F)F)cc(C)c1C(=C=O)C(=O)Cl. The van der Waals surface area contributed by atoms with Gasteiger partial charge in [0.2, 0.25) is 0 Å². The molecular weight excluding hydrogens is 297 g/mol. The van der Waals surface area contributed by atoms with Gasteiger partial charge < -0.3 is 4.74 Å². The molecule has 1 aromatic rings. The van der Waals surface area contributed by atoms with Crippen molar-refractivity contribution in [3.8, 4) is 5.75 Å². The van der Waals surface area contributed by atoms with Gasteiger partial charge >= 0.3 is 6.18 Å². The molecule has 1 aromatic carbocycles. The Morgan fingerprint density at radius 3 is 2.15 bits per heavy atom. The normalized spacial score (nSPS) is 10.9. The van der Waals surface area contributed by atoms with Crippen molar-refractivity contribution in [2.45, 2.75) is 20.0 Å². The molecule has 0 atom stereocenters. The zero-order valence-electron chi connectivity index (χ0n) is 10.6. The molecular formula is C13H10ClF3O3. The topological polar surface area (TPSA) is 43.4 Å². The van der Waals surface area contributed by atoms with E-state index in [1.54, 1.807) is 0 Å². The molecule has 7 heteroatoms. The van der Waals surface area contributed by atoms with Crippen molar-refractivity contribution in [2.75, 3.05) is 6.61 Å². The van der Waals surface area contributed by atoms with Gasteiger partial charge in [-0.3, -0.25) is 4.79 Å². The highest BCUT2D eigenvalue weighted by Gasteiger charge is 2.28. The van der Waals surface area contributed by atoms with Crippen LogP contribution in [0.5, 0.6) is 5.75 Å². The van der Waals surface area contributed by atoms with Gasteiger partial charge in [0.1, 0.15) is 17.3 Å². The second-order valence-corrected chi connectivity index (χ2v) is 4.43. The minimum Gasteiger partial charge on any atom is -0.484 e. The molecule has 0 aliphatic carbocycles. The van der Waals surface area contributed by atoms with Crippen molar-refractivity contribution in [3.05, 3.63) is 28.8 Å². The van der Waals surface area contributed by atoms with Crippen LogP contribution >= 0.6 is 11.6 Å². The van der Waals surface area contributed by atoms with E-state index < -0.39 is 18.0 Å². The molecule has 0 radical (unpaired) electrons. The average molecular weight is 307 g/mol. The molecule has 0 unspecified atom stereocenters. The number of allylic oxidation sites excluding steroid dienone is 1. The van der Waals surface area contributed by atoms with Gasteiger partial charge in [0.25, 0.3) is 5.24 Å². The second-order valence-electron chi connectivity index (χ2n) is 4.09. The van der Waals surface area contributed by atoms with Gasteiger partial charge in [-0.1, -0.05) is 0 Å². The third-order valence-corrected chi connectivity index (χ3v) is 2.65. The third-order valence-electron chi connectivity index (χ3n) is 2.46. The summed E-state index contributed by atoms with van der Waals surface area (Å²) in [6.45, 7) is 1.63. The monoisotopic (exact) mass is 306 g/mol. The summed E-state index contributed by atoms with van der Waals surface area (Å²) in [6.07, 6.45) is -4.44. The molecule has 0 aliphatic rings. The van der Waals surface area contributed by atoms with Crippen LogP contribution in [0, 0.1) is 13.8 Å². The number of benzene rings is 1. The van der Waals surface area contributed by atoms with Crippen molar-refractivity contribution >= 4 is 28.4 Å². The molecule has 108 valence electrons. The molecule has 0 saturated heterocycles. The molecule has 0 heterocycles. The van der Waals surface area contributed by atoms with Crippen LogP contribution < -0.4 is 4.74 Å². The molecule has 0 aliphatic heterocycles. The van der Waals surface area contributed by atoms with Gasteiger partial charge in [0, 0.05) is 5.56 Å². The van der Waals surface area contributed by atoms with Crippen LogP contribution in [0.15, 0.2) is 12.1 Å². The number of ether oxygens (including phenoxy) is 1. The van der Waals surface area contributed by atoms with Crippen LogP contribution in [0.1, 0.15) is 16.7 Å². The van der Waals surface area contributed by atoms with E-state index in [9.17, 15) is 22.8 Å². The number of aryl methyl sites for hydroxylation is 2. The van der Waals surface area contributed by atoms with E-state index in [0.717, 1.165) is 0 Å². The lowest BCUT2D eigenvalue weighted by atomic mass is 9.97. The highest BCUT2D eigenvalue weighted by Crippen LogP contribution is 2.28. The van der Waals surface area contributed by atoms with E-state index in [2.05, 4.69) is 4.74 Å². The molecule has 0 spiro atoms. The van der Waals surface area contributed by atoms with E-state index in [1.165, 1.54) is 31.9 Å². The third kappa shape index (κ3) is 4.11. The predicted molar refractivity (Wildman–Crippen MR) is 67.4 cm³/mol. The Morgan fingerprint density at radius 1 is 1.30 bits per heavy atom. The summed E-state index contributed by atoms with van der Waals surface area (Å²) >= 11 is 5.26. The minimum absolute atomic E-state index is 0.00616. The van der Waals surface area contributed by atoms with Crippen molar-refractivity contribution < 1.29 is 27.5 Å². The molecule has 1 rings (SSSR count). The maximum atomic E-state index is 12.1. The number of carbonyl (C=O) groups excluding carboxylic acids is 2. The summed E-state index contributed by atoms with van der Waals surface area (Å²) in [7, 11) is 0. The van der Waals surface area contributed by atoms with Gasteiger partial charge in [0.15, 0.2) is 6.61 Å². The molecule has 3 nitrogen and oxygen atoms in total. The average Bonchev–Trinajstić information content (AvgIpc) is 2.29. The summed E-state index contributed by atoms with van der Waals surface area (Å²) < 4.78 is 40.8. The highest BCUT2D eigenvalue weighted by atomic mass is 35.5. The fourth-order valence-electron chi connectivity index (χ4n) is 1.76. The van der Waals surface area contributed by atoms with Crippen LogP contribution in [0.3, 0.4) is 0 Å². The first-order valence-corrected chi connectivity index (χ1v) is 5.79. The molecule has 0 aromatic heterocycles. The largest absolute Gasteiger partial charge is 0.484 e. The number of halogens is 4. The Balaban J connectivity index is 3.16. The summed E-state index contributed by atoms with van der Waals surface area (Å²) in [5.74, 6) is 1.43. The first-order valence-electron chi connectivity index (χ1n) is 5.42. The van der Waals surface area contributed by atoms with Crippen molar-refractivity contribution in [1.82, 2.24) is 0 Å². The first kappa shape index (κ1) is 16.3. The van der Waals surface area contributed by atoms with Crippen molar-refractivity contribution in [2.24, 2.45) is 0 Å². The zero-order chi connectivity index (χ0) is 15.5. The second kappa shape index (κ2) is 6.11. The molecule has 0 saturated carbocycles. The molecule has 0 amide bonds. The summed E-state index contributed by atoms with van der Waals surface area (Å²) in [5, 5.41) is -0.977. The Bertz CT molecular complexity index is 564. The van der Waals surface area contributed by atoms with E-state index in [0.29, 0.717) is 11.1 Å². The summed E-state index contributed by atoms with van der Waals surface area (Å²) in [4.78, 5) is 21.9. The highest BCUT2D eigenvalue weighted by molar-refractivity contribution is 6.75. The maximum Gasteiger partial charge on any atom is 0.422 e. The van der Waals surface area contributed by atoms with Crippen LogP contribution in [-0.2, 0) is 9.59 Å². The molecule has 0 bridgehead atoms. The van der Waals surface area contributed by atoms with Crippen molar-refractivity contribution in [3.63, 3.8) is 0 Å². The lowest BCUT2D eigenvalue weighted by Gasteiger charge is -2.13. The van der Waals surface area contributed by atoms with Gasteiger partial charge in [-0.15, -0.1) is 0 Å². The Kier molecular flexibility index (Phi) is 4.98. The summed E-state index contributed by atoms with van der Waals surface area (Å²) in [5.41, 5.74) is 0.687. The van der Waals surface area contributed by atoms with E-state index >= 15 is 0 Å². The predicted octanol–water partition coefficient (Wildman–Crippen LogP) is 3.22. The van der Waals surface area contributed by atoms with E-state index in [1.807, 2.05) is 0 Å². The van der Waals surface area contributed by atoms with Crippen LogP contribution in [0.25, 0.3) is 5.57 Å². The Labute approximate surface area is 118 Å². The molecule has 20 heavy (non-hydrogen) atoms. The fourth-order valence-corrected chi connectivity index (χ4v) is 1.89. The van der Waals surface area contributed by atoms with E-state index in [-0.39, 0.29) is 16.9 Å². The number of rotatable bonds is 4. The molecule has 0 fully saturated rings. The summed E-state index contributed by atoms with van der Waals surface area (Å²) in [6, 6.07) is 2.59. The van der Waals surface area contributed by atoms with Crippen LogP contribution in [0.4, 0.5) is 13.2 Å². The van der Waals surface area contributed by atoms with Gasteiger partial charge in [-0.2, -0.15) is 13.2 Å². The van der Waals surface area contributed by atoms with Gasteiger partial charge in [-0.25, -0.2) is 4.79 Å². The van der Waals surface area contributed by atoms with Crippen LogP contribution in [-0.4, -0.2) is 24.0 Å². The first-order chi connectivity index (χ1) is 9.15. The standard InChI is InChI=1S/C13H10ClF3O3/c1-7-3-9(20-6-13(15,16)17)4-8(2)11(7)10(5-18)12(14)19/h3-4H,6H2,1-2H3. The minimum atomic E-state index is -4.44. The van der Waals surface area contributed by atoms with Gasteiger partial charge in [0.05, 0.1) is 0 Å². The fraction of sp³-hybridized carbons (Fsp3) is 0.308. The maximum absolute atomic E-state index is 12.1. The smallest absolute Gasteiger partial charge is 0.422 e. The Morgan fingerprint density at radius 2 is 1.80 bits per heavy atom. The van der Waals surface area contributed by atoms with Crippen molar-refractivity contribution in [1.29, 1.82) is 0 Å². The quantitative estimate of drug-likeness (QED) is 0.487. The lowest BCUT2D eigenvalue weighted by molar-refractivity contribution is -0.153. The number of carbonyl (C=O) groups is 1. The number of alkyl halides is 3. The lowest BCUT2D eigenvalue weighted by Crippen LogP contribution is -2.19. The van der Waals surface area contributed by atoms with E-state index in [4.69, 9.17) is 11.6 Å². The van der Waals surface area contributed by atoms with Crippen LogP contribution in [0.2, 0.25) is 0 Å². The zero-order valence-corrected chi connectivity index (χ0v) is 11.4. The number of hydrogen-bond donors (Lipinski definition) is 0. The Hall–Kier alpha value is -1.78.